The van der Waals surface area contributed by atoms with Gasteiger partial charge in [-0.25, -0.2) is 0 Å². The SMILES string of the molecule is C1=CCCC1.COc1c(C)cc(P(C2=C([C@@H](C)P(c3ccccc3C)c3ccccc3C)CCC2)c2cc(C)c(OC)c(C)c2)cc1C.[CH3-].[CH3-].[Fe+2]. The Morgan fingerprint density at radius 2 is 0.980 bits per heavy atom. The minimum atomic E-state index is -0.722. The number of hydrogen-bond donors (Lipinski definition) is 0. The molecule has 0 heterocycles. The molecule has 0 amide bonds. The summed E-state index contributed by atoms with van der Waals surface area (Å²) in [5.41, 5.74) is 9.76. The smallest absolute Gasteiger partial charge is 0.496 e. The number of aryl methyl sites for hydroxylation is 6. The van der Waals surface area contributed by atoms with Gasteiger partial charge in [0.2, 0.25) is 0 Å². The van der Waals surface area contributed by atoms with E-state index >= 15 is 0 Å². The van der Waals surface area contributed by atoms with E-state index in [1.807, 2.05) is 0 Å². The number of allylic oxidation sites excluding steroid dienone is 4. The van der Waals surface area contributed by atoms with E-state index < -0.39 is 15.8 Å². The van der Waals surface area contributed by atoms with Gasteiger partial charge in [0.15, 0.2) is 0 Å². The minimum absolute atomic E-state index is 0. The molecule has 4 aromatic rings. The molecule has 0 aromatic heterocycles. The first-order valence-corrected chi connectivity index (χ1v) is 20.3. The number of ether oxygens (including phenoxy) is 2. The van der Waals surface area contributed by atoms with Crippen molar-refractivity contribution in [1.82, 2.24) is 0 Å². The van der Waals surface area contributed by atoms with Crippen molar-refractivity contribution >= 4 is 37.1 Å². The summed E-state index contributed by atoms with van der Waals surface area (Å²) in [5, 5.41) is 7.54. The van der Waals surface area contributed by atoms with Gasteiger partial charge in [-0.1, -0.05) is 73.2 Å². The average molecular weight is 763 g/mol. The van der Waals surface area contributed by atoms with Crippen LogP contribution in [0.15, 0.2) is 95.8 Å². The van der Waals surface area contributed by atoms with E-state index in [0.717, 1.165) is 17.9 Å². The normalized spacial score (nSPS) is 13.9. The van der Waals surface area contributed by atoms with Crippen LogP contribution in [0.3, 0.4) is 0 Å². The van der Waals surface area contributed by atoms with Crippen molar-refractivity contribution in [3.8, 4) is 11.5 Å². The van der Waals surface area contributed by atoms with Gasteiger partial charge >= 0.3 is 17.1 Å². The van der Waals surface area contributed by atoms with Crippen LogP contribution in [0, 0.1) is 56.4 Å². The molecule has 0 spiro atoms. The standard InChI is InChI=1S/C39H46O2P2.C5H8.2CH3.Fe/c1-25-15-10-12-18-35(25)42(36-19-13-11-16-26(36)2)31(7)34-17-14-20-37(34)43(32-21-27(3)38(40-8)28(4)22-32)33-23-29(5)39(41-9)30(6)24-33;1-2-4-5-3-1;;;/h10-13,15-16,18-19,21-24,31H,14,17,20H2,1-9H3;1-2H,3-5H2;2*1H3;/q;;2*-1;+2/t31-;;;;/m1..../s1. The summed E-state index contributed by atoms with van der Waals surface area (Å²) in [6.45, 7) is 15.9. The van der Waals surface area contributed by atoms with Crippen LogP contribution in [0.4, 0.5) is 0 Å². The van der Waals surface area contributed by atoms with Crippen molar-refractivity contribution < 1.29 is 26.5 Å². The summed E-state index contributed by atoms with van der Waals surface area (Å²) < 4.78 is 11.6. The summed E-state index contributed by atoms with van der Waals surface area (Å²) in [6.07, 6.45) is 12.1. The van der Waals surface area contributed by atoms with Gasteiger partial charge in [-0.3, -0.25) is 0 Å². The molecule has 0 fully saturated rings. The van der Waals surface area contributed by atoms with Crippen LogP contribution >= 0.6 is 15.8 Å². The quantitative estimate of drug-likeness (QED) is 0.0732. The number of hydrogen-bond acceptors (Lipinski definition) is 2. The molecule has 0 radical (unpaired) electrons. The third kappa shape index (κ3) is 10.1. The Labute approximate surface area is 324 Å². The Kier molecular flexibility index (Phi) is 17.9. The van der Waals surface area contributed by atoms with Crippen molar-refractivity contribution in [2.45, 2.75) is 92.7 Å². The summed E-state index contributed by atoms with van der Waals surface area (Å²) in [6, 6.07) is 27.7. The first-order chi connectivity index (χ1) is 23.2. The molecule has 0 bridgehead atoms. The molecule has 274 valence electrons. The van der Waals surface area contributed by atoms with Crippen LogP contribution in [-0.4, -0.2) is 19.9 Å². The second kappa shape index (κ2) is 20.5. The molecule has 0 aliphatic heterocycles. The van der Waals surface area contributed by atoms with Gasteiger partial charge < -0.3 is 24.3 Å². The van der Waals surface area contributed by atoms with Crippen molar-refractivity contribution in [3.05, 3.63) is 144 Å². The van der Waals surface area contributed by atoms with Gasteiger partial charge in [-0.05, 0) is 180 Å². The van der Waals surface area contributed by atoms with E-state index in [0.29, 0.717) is 5.66 Å². The van der Waals surface area contributed by atoms with Crippen molar-refractivity contribution in [3.63, 3.8) is 0 Å². The Morgan fingerprint density at radius 3 is 1.33 bits per heavy atom. The predicted molar refractivity (Wildman–Crippen MR) is 226 cm³/mol. The fourth-order valence-electron chi connectivity index (χ4n) is 7.63. The Hall–Kier alpha value is -2.66. The molecule has 6 rings (SSSR count). The van der Waals surface area contributed by atoms with Crippen LogP contribution < -0.4 is 30.7 Å². The van der Waals surface area contributed by atoms with Crippen LogP contribution in [-0.2, 0) is 17.1 Å². The van der Waals surface area contributed by atoms with E-state index in [1.54, 1.807) is 25.1 Å². The molecule has 1 atom stereocenters. The third-order valence-electron chi connectivity index (χ3n) is 9.86. The molecule has 2 aliphatic rings. The van der Waals surface area contributed by atoms with E-state index in [9.17, 15) is 0 Å². The van der Waals surface area contributed by atoms with Gasteiger partial charge in [0.1, 0.15) is 11.5 Å². The third-order valence-corrected chi connectivity index (χ3v) is 15.6. The zero-order chi connectivity index (χ0) is 34.4. The Morgan fingerprint density at radius 1 is 0.569 bits per heavy atom. The van der Waals surface area contributed by atoms with Gasteiger partial charge in [0.25, 0.3) is 0 Å². The number of methoxy groups -OCH3 is 2. The van der Waals surface area contributed by atoms with Crippen LogP contribution in [0.25, 0.3) is 0 Å². The molecular formula is C46H60FeO2P2. The predicted octanol–water partition coefficient (Wildman–Crippen LogP) is 11.6. The van der Waals surface area contributed by atoms with Gasteiger partial charge in [-0.15, -0.1) is 0 Å². The van der Waals surface area contributed by atoms with Crippen molar-refractivity contribution in [2.24, 2.45) is 0 Å². The molecule has 2 aliphatic carbocycles. The van der Waals surface area contributed by atoms with Crippen molar-refractivity contribution in [1.29, 1.82) is 0 Å². The average Bonchev–Trinajstić information content (AvgIpc) is 3.79. The van der Waals surface area contributed by atoms with Crippen LogP contribution in [0.2, 0.25) is 0 Å². The summed E-state index contributed by atoms with van der Waals surface area (Å²) in [4.78, 5) is 0. The molecule has 51 heavy (non-hydrogen) atoms. The maximum atomic E-state index is 5.80. The van der Waals surface area contributed by atoms with E-state index in [2.05, 4.69) is 133 Å². The topological polar surface area (TPSA) is 18.5 Å². The van der Waals surface area contributed by atoms with Crippen LogP contribution in [0.5, 0.6) is 11.5 Å². The molecule has 2 nitrogen and oxygen atoms in total. The van der Waals surface area contributed by atoms with E-state index in [4.69, 9.17) is 9.47 Å². The van der Waals surface area contributed by atoms with E-state index in [-0.39, 0.29) is 31.9 Å². The first-order valence-electron chi connectivity index (χ1n) is 17.5. The minimum Gasteiger partial charge on any atom is -0.496 e. The molecular weight excluding hydrogens is 702 g/mol. The Balaban J connectivity index is 0.00000104. The molecule has 5 heteroatoms. The number of rotatable bonds is 9. The first kappa shape index (κ1) is 44.5. The zero-order valence-electron chi connectivity index (χ0n) is 33.0. The second-order valence-corrected chi connectivity index (χ2v) is 18.1. The fourth-order valence-corrected chi connectivity index (χ4v) is 14.0. The van der Waals surface area contributed by atoms with Gasteiger partial charge in [0.05, 0.1) is 14.2 Å². The van der Waals surface area contributed by atoms with E-state index in [1.165, 1.54) is 86.7 Å². The van der Waals surface area contributed by atoms with Gasteiger partial charge in [-0.2, -0.15) is 0 Å². The summed E-state index contributed by atoms with van der Waals surface area (Å²) in [7, 11) is 2.26. The second-order valence-electron chi connectivity index (χ2n) is 13.4. The molecule has 0 unspecified atom stereocenters. The monoisotopic (exact) mass is 762 g/mol. The maximum Gasteiger partial charge on any atom is 2.00 e. The van der Waals surface area contributed by atoms with Crippen molar-refractivity contribution in [2.75, 3.05) is 14.2 Å². The molecule has 0 saturated carbocycles. The summed E-state index contributed by atoms with van der Waals surface area (Å²) in [5.74, 6) is 2.00. The molecule has 0 N–H and O–H groups in total. The Bertz CT molecular complexity index is 1650. The summed E-state index contributed by atoms with van der Waals surface area (Å²) >= 11 is 0. The molecule has 4 aromatic carbocycles. The fraction of sp³-hybridized carbons (Fsp3) is 0.348. The number of benzene rings is 4. The largest absolute Gasteiger partial charge is 2.00 e. The zero-order valence-corrected chi connectivity index (χ0v) is 35.9. The molecule has 0 saturated heterocycles. The van der Waals surface area contributed by atoms with Gasteiger partial charge in [0, 0.05) is 5.66 Å². The maximum absolute atomic E-state index is 5.80. The van der Waals surface area contributed by atoms with Crippen LogP contribution in [0.1, 0.15) is 78.8 Å².